The molecule has 0 bridgehead atoms. The van der Waals surface area contributed by atoms with Gasteiger partial charge >= 0.3 is 6.85 Å². The number of nitrogens with zero attached hydrogens (tertiary/aromatic N) is 2. The van der Waals surface area contributed by atoms with Crippen LogP contribution in [-0.2, 0) is 17.3 Å². The smallest absolute Gasteiger partial charge is 0.333 e. The number of hydrogen-bond acceptors (Lipinski definition) is 2. The van der Waals surface area contributed by atoms with Crippen LogP contribution in [0.4, 0.5) is 28.4 Å². The van der Waals surface area contributed by atoms with Gasteiger partial charge in [-0.25, -0.2) is 0 Å². The molecular formula is C63H49BN2. The molecule has 0 atom stereocenters. The lowest BCUT2D eigenvalue weighted by Crippen LogP contribution is -2.63. The second-order valence-electron chi connectivity index (χ2n) is 19.9. The number of hydrogen-bond donors (Lipinski definition) is 0. The van der Waals surface area contributed by atoms with E-state index in [2.05, 4.69) is 225 Å². The molecule has 0 fully saturated rings. The third kappa shape index (κ3) is 4.78. The molecule has 0 N–H and O–H groups in total. The third-order valence-electron chi connectivity index (χ3n) is 16.0. The average Bonchev–Trinajstić information content (AvgIpc) is 3.77. The zero-order valence-electron chi connectivity index (χ0n) is 38.0. The minimum atomic E-state index is -0.481. The lowest BCUT2D eigenvalue weighted by atomic mass is 9.42. The number of rotatable bonds is 5. The van der Waals surface area contributed by atoms with Crippen molar-refractivity contribution in [3.8, 4) is 44.5 Å². The summed E-state index contributed by atoms with van der Waals surface area (Å²) < 4.78 is 0. The Kier molecular flexibility index (Phi) is 7.82. The molecule has 9 aromatic carbocycles. The van der Waals surface area contributed by atoms with Crippen molar-refractivity contribution in [2.45, 2.75) is 57.8 Å². The molecule has 0 saturated carbocycles. The number of aryl methyl sites for hydroxylation is 2. The van der Waals surface area contributed by atoms with Gasteiger partial charge in [0.25, 0.3) is 0 Å². The molecule has 5 aliphatic rings. The largest absolute Gasteiger partial charge is 0.376 e. The highest BCUT2D eigenvalue weighted by Crippen LogP contribution is 2.65. The van der Waals surface area contributed by atoms with Gasteiger partial charge < -0.3 is 9.71 Å². The highest BCUT2D eigenvalue weighted by molar-refractivity contribution is 6.93. The summed E-state index contributed by atoms with van der Waals surface area (Å²) in [4.78, 5) is 5.44. The lowest BCUT2D eigenvalue weighted by Gasteiger charge is -2.52. The van der Waals surface area contributed by atoms with E-state index < -0.39 is 5.41 Å². The quantitative estimate of drug-likeness (QED) is 0.159. The van der Waals surface area contributed by atoms with Crippen molar-refractivity contribution in [2.24, 2.45) is 0 Å². The first kappa shape index (κ1) is 38.0. The molecule has 0 aromatic heterocycles. The Balaban J connectivity index is 1.12. The Hall–Kier alpha value is -7.36. The molecule has 66 heavy (non-hydrogen) atoms. The van der Waals surface area contributed by atoms with Gasteiger partial charge in [0.2, 0.25) is 0 Å². The van der Waals surface area contributed by atoms with Crippen LogP contribution in [0.5, 0.6) is 0 Å². The maximum Gasteiger partial charge on any atom is 0.333 e. The van der Waals surface area contributed by atoms with E-state index in [1.165, 1.54) is 141 Å². The highest BCUT2D eigenvalue weighted by atomic mass is 15.2. The van der Waals surface area contributed by atoms with Crippen LogP contribution in [0.1, 0.15) is 78.1 Å². The van der Waals surface area contributed by atoms with Gasteiger partial charge in [0.05, 0.1) is 11.1 Å². The van der Waals surface area contributed by atoms with Crippen molar-refractivity contribution in [1.29, 1.82) is 0 Å². The van der Waals surface area contributed by atoms with Crippen molar-refractivity contribution in [3.05, 3.63) is 233 Å². The summed E-state index contributed by atoms with van der Waals surface area (Å²) in [5.74, 6) is 0. The normalized spacial score (nSPS) is 15.3. The number of fused-ring (bicyclic) bond motifs is 16. The molecule has 14 rings (SSSR count). The zero-order valence-corrected chi connectivity index (χ0v) is 38.0. The third-order valence-corrected chi connectivity index (χ3v) is 16.0. The molecule has 0 amide bonds. The van der Waals surface area contributed by atoms with E-state index in [-0.39, 0.29) is 12.3 Å². The number of benzene rings is 9. The van der Waals surface area contributed by atoms with Crippen LogP contribution in [0.25, 0.3) is 44.5 Å². The van der Waals surface area contributed by atoms with Gasteiger partial charge in [0.15, 0.2) is 0 Å². The van der Waals surface area contributed by atoms with Gasteiger partial charge in [-0.3, -0.25) is 0 Å². The monoisotopic (exact) mass is 844 g/mol. The van der Waals surface area contributed by atoms with Gasteiger partial charge in [0.1, 0.15) is 0 Å². The molecule has 314 valence electrons. The summed E-state index contributed by atoms with van der Waals surface area (Å²) in [6.07, 6.45) is 3.41. The van der Waals surface area contributed by atoms with Crippen molar-refractivity contribution in [2.75, 3.05) is 9.71 Å². The van der Waals surface area contributed by atoms with Crippen LogP contribution < -0.4 is 20.6 Å². The first-order valence-electron chi connectivity index (χ1n) is 24.0. The van der Waals surface area contributed by atoms with Crippen LogP contribution >= 0.6 is 0 Å². The van der Waals surface area contributed by atoms with Crippen LogP contribution in [0, 0.1) is 6.92 Å². The number of anilines is 5. The lowest BCUT2D eigenvalue weighted by molar-refractivity contribution is 0.661. The summed E-state index contributed by atoms with van der Waals surface area (Å²) in [5.41, 5.74) is 29.8. The van der Waals surface area contributed by atoms with E-state index >= 15 is 0 Å². The van der Waals surface area contributed by atoms with Crippen molar-refractivity contribution in [3.63, 3.8) is 0 Å². The van der Waals surface area contributed by atoms with E-state index in [1.807, 2.05) is 0 Å². The Labute approximate surface area is 389 Å². The Morgan fingerprint density at radius 3 is 1.83 bits per heavy atom. The predicted molar refractivity (Wildman–Crippen MR) is 277 cm³/mol. The zero-order chi connectivity index (χ0) is 44.1. The van der Waals surface area contributed by atoms with E-state index in [0.29, 0.717) is 0 Å². The first-order chi connectivity index (χ1) is 32.4. The molecule has 1 spiro atoms. The molecule has 9 aromatic rings. The van der Waals surface area contributed by atoms with Crippen LogP contribution in [0.3, 0.4) is 0 Å². The second kappa shape index (κ2) is 13.6. The van der Waals surface area contributed by atoms with Gasteiger partial charge in [0, 0.05) is 39.3 Å². The fraction of sp³-hybridized carbons (Fsp3) is 0.143. The van der Waals surface area contributed by atoms with E-state index in [4.69, 9.17) is 0 Å². The molecule has 0 radical (unpaired) electrons. The van der Waals surface area contributed by atoms with Crippen molar-refractivity contribution < 1.29 is 0 Å². The molecule has 2 nitrogen and oxygen atoms in total. The summed E-state index contributed by atoms with van der Waals surface area (Å²) in [6, 6.07) is 72.7. The van der Waals surface area contributed by atoms with E-state index in [9.17, 15) is 0 Å². The summed E-state index contributed by atoms with van der Waals surface area (Å²) >= 11 is 0. The summed E-state index contributed by atoms with van der Waals surface area (Å²) in [6.45, 7) is 9.36. The average molecular weight is 845 g/mol. The van der Waals surface area contributed by atoms with Gasteiger partial charge in [-0.05, 0) is 139 Å². The van der Waals surface area contributed by atoms with Gasteiger partial charge in [-0.1, -0.05) is 185 Å². The molecule has 0 saturated heterocycles. The minimum Gasteiger partial charge on any atom is -0.376 e. The molecular weight excluding hydrogens is 796 g/mol. The number of para-hydroxylation sites is 2. The SMILES string of the molecule is CCCCc1ccc(N2c3cc4c(cc3B3c5c(cc(C)cc52)-c2cccc5c2N3c2ccccc2C52c3ccccc3-c3ccccc32)C(C)(C)c2ccccc2-4)c(-c2ccccc2)c1. The minimum absolute atomic E-state index is 0.0882. The van der Waals surface area contributed by atoms with Crippen molar-refractivity contribution in [1.82, 2.24) is 0 Å². The Morgan fingerprint density at radius 1 is 0.455 bits per heavy atom. The van der Waals surface area contributed by atoms with Crippen LogP contribution in [0.2, 0.25) is 0 Å². The standard InChI is InChI=1S/C63H49BN2/c1-5-6-19-40-32-33-56(46(36-40)41-20-8-7-9-21-41)65-58-37-47-44-24-10-13-26-49(44)62(3,4)54(47)38-55(58)64-60-48(34-39(2)35-59(60)65)45-25-18-30-53-61(45)66(64)57-31-17-16-29-52(57)63(53)50-27-14-11-22-42(50)43-23-12-15-28-51(43)63/h7-18,20-38H,5-6,19H2,1-4H3. The predicted octanol–water partition coefficient (Wildman–Crippen LogP) is 14.7. The van der Waals surface area contributed by atoms with Crippen LogP contribution in [0.15, 0.2) is 188 Å². The fourth-order valence-electron chi connectivity index (χ4n) is 13.3. The summed E-state index contributed by atoms with van der Waals surface area (Å²) in [5, 5.41) is 0. The fourth-order valence-corrected chi connectivity index (χ4v) is 13.3. The van der Waals surface area contributed by atoms with E-state index in [1.54, 1.807) is 0 Å². The van der Waals surface area contributed by atoms with Crippen LogP contribution in [-0.4, -0.2) is 6.85 Å². The van der Waals surface area contributed by atoms with E-state index in [0.717, 1.165) is 6.42 Å². The Bertz CT molecular complexity index is 3500. The molecule has 3 heteroatoms. The summed E-state index contributed by atoms with van der Waals surface area (Å²) in [7, 11) is 0. The number of unbranched alkanes of at least 4 members (excludes halogenated alkanes) is 1. The van der Waals surface area contributed by atoms with Gasteiger partial charge in [-0.2, -0.15) is 0 Å². The molecule has 0 unspecified atom stereocenters. The van der Waals surface area contributed by atoms with Crippen molar-refractivity contribution >= 4 is 46.2 Å². The first-order valence-corrected chi connectivity index (χ1v) is 24.0. The molecule has 3 heterocycles. The van der Waals surface area contributed by atoms with Gasteiger partial charge in [-0.15, -0.1) is 0 Å². The Morgan fingerprint density at radius 2 is 1.09 bits per heavy atom. The molecule has 3 aliphatic heterocycles. The maximum atomic E-state index is 2.78. The topological polar surface area (TPSA) is 6.48 Å². The second-order valence-corrected chi connectivity index (χ2v) is 19.9. The molecule has 2 aliphatic carbocycles. The maximum absolute atomic E-state index is 2.78. The highest BCUT2D eigenvalue weighted by Gasteiger charge is 2.56.